The molecular formula is C17H16FN3O4. The molecule has 2 N–H and O–H groups in total. The minimum Gasteiger partial charge on any atom is -0.618 e. The van der Waals surface area contributed by atoms with Crippen LogP contribution in [-0.4, -0.2) is 21.5 Å². The fraction of sp³-hybridized carbons (Fsp3) is 0.235. The molecule has 1 aromatic carbocycles. The number of halogens is 1. The first-order chi connectivity index (χ1) is 11.6. The van der Waals surface area contributed by atoms with Crippen LogP contribution in [0.25, 0.3) is 0 Å². The Kier molecular flexibility index (Phi) is 4.79. The van der Waals surface area contributed by atoms with E-state index in [0.29, 0.717) is 4.73 Å². The first kappa shape index (κ1) is 18.0. The standard InChI is InChI=1S/C17H16FN3O4/c1-17(2,3)25-20-15(16-13(22)5-4-6-21(16)24)11-8-12(18)10(9-19)7-14(11)23/h4-8,22-23H,1-3H3. The molecule has 1 heterocycles. The lowest BCUT2D eigenvalue weighted by Crippen LogP contribution is -2.35. The van der Waals surface area contributed by atoms with Gasteiger partial charge in [0.05, 0.1) is 11.1 Å². The van der Waals surface area contributed by atoms with Gasteiger partial charge in [-0.2, -0.15) is 9.99 Å². The molecule has 7 nitrogen and oxygen atoms in total. The number of phenolic OH excluding ortho intramolecular Hbond substituents is 1. The van der Waals surface area contributed by atoms with Gasteiger partial charge >= 0.3 is 0 Å². The minimum atomic E-state index is -0.911. The molecule has 0 saturated carbocycles. The molecule has 8 heteroatoms. The van der Waals surface area contributed by atoms with Gasteiger partial charge < -0.3 is 20.3 Å². The minimum absolute atomic E-state index is 0.202. The molecule has 0 aliphatic carbocycles. The van der Waals surface area contributed by atoms with E-state index in [1.165, 1.54) is 12.1 Å². The van der Waals surface area contributed by atoms with Crippen LogP contribution in [-0.2, 0) is 4.84 Å². The summed E-state index contributed by atoms with van der Waals surface area (Å²) in [5.74, 6) is -1.83. The van der Waals surface area contributed by atoms with Crippen molar-refractivity contribution in [3.8, 4) is 17.6 Å². The molecule has 0 aliphatic rings. The zero-order valence-corrected chi connectivity index (χ0v) is 13.8. The van der Waals surface area contributed by atoms with E-state index < -0.39 is 22.9 Å². The molecule has 0 bridgehead atoms. The molecule has 25 heavy (non-hydrogen) atoms. The molecule has 130 valence electrons. The number of nitriles is 1. The second-order valence-electron chi connectivity index (χ2n) is 6.17. The second kappa shape index (κ2) is 6.65. The van der Waals surface area contributed by atoms with Gasteiger partial charge in [0.1, 0.15) is 23.2 Å². The highest BCUT2D eigenvalue weighted by Gasteiger charge is 2.27. The largest absolute Gasteiger partial charge is 0.618 e. The van der Waals surface area contributed by atoms with Gasteiger partial charge in [-0.25, -0.2) is 4.39 Å². The van der Waals surface area contributed by atoms with Gasteiger partial charge in [0.25, 0.3) is 5.69 Å². The number of aromatic hydroxyl groups is 2. The monoisotopic (exact) mass is 345 g/mol. The molecule has 0 radical (unpaired) electrons. The van der Waals surface area contributed by atoms with Crippen LogP contribution in [0.5, 0.6) is 11.5 Å². The van der Waals surface area contributed by atoms with Crippen LogP contribution in [0.2, 0.25) is 0 Å². The Morgan fingerprint density at radius 3 is 2.56 bits per heavy atom. The molecule has 0 spiro atoms. The number of oxime groups is 1. The van der Waals surface area contributed by atoms with Crippen LogP contribution in [0.15, 0.2) is 35.6 Å². The zero-order valence-electron chi connectivity index (χ0n) is 13.8. The van der Waals surface area contributed by atoms with Crippen molar-refractivity contribution in [3.63, 3.8) is 0 Å². The van der Waals surface area contributed by atoms with E-state index in [9.17, 15) is 19.8 Å². The molecule has 0 saturated heterocycles. The van der Waals surface area contributed by atoms with E-state index in [0.717, 1.165) is 18.3 Å². The predicted molar refractivity (Wildman–Crippen MR) is 86.3 cm³/mol. The first-order valence-electron chi connectivity index (χ1n) is 7.24. The van der Waals surface area contributed by atoms with Crippen LogP contribution in [0.4, 0.5) is 4.39 Å². The first-order valence-corrected chi connectivity index (χ1v) is 7.24. The number of pyridine rings is 1. The summed E-state index contributed by atoms with van der Waals surface area (Å²) in [6.07, 6.45) is 1.11. The molecular weight excluding hydrogens is 329 g/mol. The topological polar surface area (TPSA) is 113 Å². The highest BCUT2D eigenvalue weighted by Crippen LogP contribution is 2.27. The van der Waals surface area contributed by atoms with Gasteiger partial charge in [-0.05, 0) is 32.9 Å². The second-order valence-corrected chi connectivity index (χ2v) is 6.17. The molecule has 2 rings (SSSR count). The number of phenols is 1. The van der Waals surface area contributed by atoms with Crippen molar-refractivity contribution in [3.05, 3.63) is 58.3 Å². The van der Waals surface area contributed by atoms with Crippen LogP contribution >= 0.6 is 0 Å². The summed E-state index contributed by atoms with van der Waals surface area (Å²) in [7, 11) is 0. The summed E-state index contributed by atoms with van der Waals surface area (Å²) >= 11 is 0. The lowest BCUT2D eigenvalue weighted by atomic mass is 10.0. The van der Waals surface area contributed by atoms with E-state index in [-0.39, 0.29) is 22.5 Å². The Labute approximate surface area is 143 Å². The van der Waals surface area contributed by atoms with E-state index in [2.05, 4.69) is 5.16 Å². The summed E-state index contributed by atoms with van der Waals surface area (Å²) in [6, 6.07) is 5.92. The number of benzene rings is 1. The van der Waals surface area contributed by atoms with Crippen LogP contribution in [0.1, 0.15) is 37.6 Å². The average Bonchev–Trinajstić information content (AvgIpc) is 2.51. The van der Waals surface area contributed by atoms with Crippen molar-refractivity contribution in [2.45, 2.75) is 26.4 Å². The Morgan fingerprint density at radius 1 is 1.32 bits per heavy atom. The molecule has 2 aromatic rings. The van der Waals surface area contributed by atoms with E-state index in [1.807, 2.05) is 0 Å². The number of hydrogen-bond acceptors (Lipinski definition) is 6. The van der Waals surface area contributed by atoms with Crippen molar-refractivity contribution in [2.75, 3.05) is 0 Å². The Morgan fingerprint density at radius 2 is 2.00 bits per heavy atom. The van der Waals surface area contributed by atoms with Crippen LogP contribution in [0.3, 0.4) is 0 Å². The van der Waals surface area contributed by atoms with Gasteiger partial charge in [-0.3, -0.25) is 0 Å². The van der Waals surface area contributed by atoms with Gasteiger partial charge in [0.2, 0.25) is 0 Å². The summed E-state index contributed by atoms with van der Waals surface area (Å²) < 4.78 is 14.3. The zero-order chi connectivity index (χ0) is 18.8. The number of hydrogen-bond donors (Lipinski definition) is 2. The van der Waals surface area contributed by atoms with E-state index in [1.54, 1.807) is 26.8 Å². The van der Waals surface area contributed by atoms with E-state index >= 15 is 0 Å². The SMILES string of the molecule is CC(C)(C)ON=C(c1cc(F)c(C#N)cc1O)c1c(O)ccc[n+]1[O-]. The summed E-state index contributed by atoms with van der Waals surface area (Å²) in [6.45, 7) is 5.09. The fourth-order valence-electron chi connectivity index (χ4n) is 1.94. The maximum absolute atomic E-state index is 14.0. The van der Waals surface area contributed by atoms with Crippen molar-refractivity contribution >= 4 is 5.71 Å². The van der Waals surface area contributed by atoms with Crippen molar-refractivity contribution < 1.29 is 24.2 Å². The highest BCUT2D eigenvalue weighted by atomic mass is 19.1. The lowest BCUT2D eigenvalue weighted by molar-refractivity contribution is -0.607. The molecule has 0 unspecified atom stereocenters. The molecule has 0 amide bonds. The number of rotatable bonds is 3. The summed E-state index contributed by atoms with van der Waals surface area (Å²) in [4.78, 5) is 5.29. The fourth-order valence-corrected chi connectivity index (χ4v) is 1.94. The van der Waals surface area contributed by atoms with Crippen molar-refractivity contribution in [2.24, 2.45) is 5.16 Å². The quantitative estimate of drug-likeness (QED) is 0.384. The van der Waals surface area contributed by atoms with Crippen LogP contribution < -0.4 is 4.73 Å². The van der Waals surface area contributed by atoms with Gasteiger partial charge in [-0.1, -0.05) is 5.16 Å². The maximum atomic E-state index is 14.0. The Hall–Kier alpha value is -3.34. The Balaban J connectivity index is 2.74. The maximum Gasteiger partial charge on any atom is 0.288 e. The average molecular weight is 345 g/mol. The summed E-state index contributed by atoms with van der Waals surface area (Å²) in [5, 5.41) is 44.9. The smallest absolute Gasteiger partial charge is 0.288 e. The third-order valence-electron chi connectivity index (χ3n) is 3.03. The molecule has 0 atom stereocenters. The molecule has 1 aromatic heterocycles. The third kappa shape index (κ3) is 3.95. The van der Waals surface area contributed by atoms with Gasteiger partial charge in [0.15, 0.2) is 17.7 Å². The van der Waals surface area contributed by atoms with Crippen LogP contribution in [0, 0.1) is 22.4 Å². The number of aromatic nitrogens is 1. The van der Waals surface area contributed by atoms with E-state index in [4.69, 9.17) is 10.1 Å². The van der Waals surface area contributed by atoms with Crippen molar-refractivity contribution in [1.29, 1.82) is 5.26 Å². The normalized spacial score (nSPS) is 11.9. The summed E-state index contributed by atoms with van der Waals surface area (Å²) in [5.41, 5.74) is -1.92. The lowest BCUT2D eigenvalue weighted by Gasteiger charge is -2.17. The Bertz CT molecular complexity index is 862. The highest BCUT2D eigenvalue weighted by molar-refractivity contribution is 6.13. The predicted octanol–water partition coefficient (Wildman–Crippen LogP) is 2.31. The molecule has 0 aliphatic heterocycles. The third-order valence-corrected chi connectivity index (χ3v) is 3.03. The molecule has 0 fully saturated rings. The van der Waals surface area contributed by atoms with Gasteiger partial charge in [0, 0.05) is 12.1 Å². The van der Waals surface area contributed by atoms with Gasteiger partial charge in [-0.15, -0.1) is 0 Å². The number of nitrogens with zero attached hydrogens (tertiary/aromatic N) is 3. The van der Waals surface area contributed by atoms with Crippen molar-refractivity contribution in [1.82, 2.24) is 0 Å².